The molecule has 1 saturated heterocycles. The lowest BCUT2D eigenvalue weighted by atomic mass is 9.98. The molecule has 1 fully saturated rings. The molecular formula is C54H103NO10. The van der Waals surface area contributed by atoms with E-state index < -0.39 is 74.2 Å². The summed E-state index contributed by atoms with van der Waals surface area (Å²) in [6, 6.07) is -1.19. The summed E-state index contributed by atoms with van der Waals surface area (Å²) >= 11 is 0. The molecule has 0 spiro atoms. The fraction of sp³-hybridized carbons (Fsp3) is 0.907. The third-order valence-corrected chi connectivity index (χ3v) is 13.2. The van der Waals surface area contributed by atoms with Gasteiger partial charge in [0.05, 0.1) is 25.4 Å². The molecular weight excluding hydrogens is 823 g/mol. The molecule has 0 aromatic heterocycles. The molecule has 9 atom stereocenters. The molecule has 11 nitrogen and oxygen atoms in total. The number of aliphatic hydroxyl groups is 7. The van der Waals surface area contributed by atoms with Crippen molar-refractivity contribution in [3.8, 4) is 0 Å². The molecule has 0 radical (unpaired) electrons. The van der Waals surface area contributed by atoms with Gasteiger partial charge in [-0.25, -0.2) is 0 Å². The molecule has 11 heteroatoms. The van der Waals surface area contributed by atoms with E-state index in [0.29, 0.717) is 19.3 Å². The third kappa shape index (κ3) is 32.9. The Morgan fingerprint density at radius 2 is 0.923 bits per heavy atom. The molecule has 384 valence electrons. The van der Waals surface area contributed by atoms with E-state index in [-0.39, 0.29) is 12.8 Å². The van der Waals surface area contributed by atoms with Crippen molar-refractivity contribution in [2.45, 2.75) is 300 Å². The number of hydrogen-bond donors (Lipinski definition) is 8. The van der Waals surface area contributed by atoms with Crippen LogP contribution in [0.4, 0.5) is 0 Å². The lowest BCUT2D eigenvalue weighted by molar-refractivity contribution is -0.303. The fourth-order valence-electron chi connectivity index (χ4n) is 8.75. The minimum atomic E-state index is -1.67. The number of hydrogen-bond acceptors (Lipinski definition) is 10. The molecule has 0 aliphatic carbocycles. The van der Waals surface area contributed by atoms with Crippen molar-refractivity contribution in [2.75, 3.05) is 13.2 Å². The highest BCUT2D eigenvalue weighted by molar-refractivity contribution is 5.80. The number of carbonyl (C=O) groups excluding carboxylic acids is 1. The summed E-state index contributed by atoms with van der Waals surface area (Å²) in [6.07, 6.45) is 39.9. The lowest BCUT2D eigenvalue weighted by Crippen LogP contribution is -2.60. The van der Waals surface area contributed by atoms with Crippen molar-refractivity contribution < 1.29 is 50.0 Å². The van der Waals surface area contributed by atoms with E-state index in [1.54, 1.807) is 0 Å². The zero-order valence-corrected chi connectivity index (χ0v) is 41.7. The van der Waals surface area contributed by atoms with Gasteiger partial charge in [-0.15, -0.1) is 0 Å². The first-order chi connectivity index (χ1) is 31.7. The van der Waals surface area contributed by atoms with Gasteiger partial charge in [0.15, 0.2) is 6.29 Å². The van der Waals surface area contributed by atoms with E-state index in [9.17, 15) is 40.5 Å². The molecule has 0 bridgehead atoms. The van der Waals surface area contributed by atoms with E-state index in [1.807, 2.05) is 0 Å². The van der Waals surface area contributed by atoms with Crippen LogP contribution >= 0.6 is 0 Å². The summed E-state index contributed by atoms with van der Waals surface area (Å²) < 4.78 is 11.1. The van der Waals surface area contributed by atoms with Crippen LogP contribution in [0.15, 0.2) is 24.3 Å². The maximum absolute atomic E-state index is 13.0. The van der Waals surface area contributed by atoms with Gasteiger partial charge in [0.25, 0.3) is 0 Å². The van der Waals surface area contributed by atoms with E-state index >= 15 is 0 Å². The average Bonchev–Trinajstić information content (AvgIpc) is 3.31. The first kappa shape index (κ1) is 61.6. The van der Waals surface area contributed by atoms with Crippen LogP contribution in [-0.4, -0.2) is 110 Å². The molecule has 8 N–H and O–H groups in total. The van der Waals surface area contributed by atoms with Crippen molar-refractivity contribution in [3.63, 3.8) is 0 Å². The second kappa shape index (κ2) is 43.8. The SMILES string of the molecule is CCCCCCCCCCCCCCCCCCCCCC/C=C/CC/C=C/CCCC(O)C(O)C(COC1OC(CO)C(O)C(O)C1O)NC(=O)C(O)CCCCCCCCCCC. The van der Waals surface area contributed by atoms with Gasteiger partial charge < -0.3 is 50.5 Å². The Hall–Kier alpha value is -1.41. The number of nitrogens with one attached hydrogen (secondary N) is 1. The topological polar surface area (TPSA) is 189 Å². The number of ether oxygens (including phenoxy) is 2. The quantitative estimate of drug-likeness (QED) is 0.0216. The maximum Gasteiger partial charge on any atom is 0.249 e. The van der Waals surface area contributed by atoms with Gasteiger partial charge in [0.2, 0.25) is 5.91 Å². The van der Waals surface area contributed by atoms with Crippen molar-refractivity contribution in [2.24, 2.45) is 0 Å². The number of unbranched alkanes of at least 4 members (excludes halogenated alkanes) is 30. The third-order valence-electron chi connectivity index (χ3n) is 13.2. The molecule has 1 amide bonds. The van der Waals surface area contributed by atoms with Crippen LogP contribution in [0.3, 0.4) is 0 Å². The Morgan fingerprint density at radius 1 is 0.523 bits per heavy atom. The van der Waals surface area contributed by atoms with Gasteiger partial charge in [0, 0.05) is 0 Å². The maximum atomic E-state index is 13.0. The predicted octanol–water partition coefficient (Wildman–Crippen LogP) is 10.6. The zero-order chi connectivity index (χ0) is 47.6. The zero-order valence-electron chi connectivity index (χ0n) is 41.7. The highest BCUT2D eigenvalue weighted by Gasteiger charge is 2.44. The average molecular weight is 926 g/mol. The van der Waals surface area contributed by atoms with E-state index in [0.717, 1.165) is 38.5 Å². The first-order valence-corrected chi connectivity index (χ1v) is 27.2. The fourth-order valence-corrected chi connectivity index (χ4v) is 8.75. The molecule has 1 aliphatic heterocycles. The Balaban J connectivity index is 2.26. The second-order valence-electron chi connectivity index (χ2n) is 19.3. The Labute approximate surface area is 397 Å². The number of aliphatic hydroxyl groups excluding tert-OH is 7. The highest BCUT2D eigenvalue weighted by atomic mass is 16.7. The summed E-state index contributed by atoms with van der Waals surface area (Å²) in [5.74, 6) is -0.712. The smallest absolute Gasteiger partial charge is 0.249 e. The summed E-state index contributed by atoms with van der Waals surface area (Å²) in [5, 5.41) is 75.6. The standard InChI is InChI=1S/C54H103NO10/c1-3-5-7-9-11-13-14-15-16-17-18-19-20-21-22-23-24-25-26-27-28-29-30-31-32-34-35-37-39-41-46(57)49(59)45(44-64-54-52(62)51(61)50(60)48(43-56)65-54)55-53(63)47(58)42-40-38-36-33-12-10-8-6-4-2/h29-30,34-35,45-52,54,56-62H,3-28,31-33,36-44H2,1-2H3,(H,55,63)/b30-29+,35-34+. The van der Waals surface area contributed by atoms with E-state index in [2.05, 4.69) is 43.5 Å². The lowest BCUT2D eigenvalue weighted by Gasteiger charge is -2.40. The largest absolute Gasteiger partial charge is 0.394 e. The summed E-state index contributed by atoms with van der Waals surface area (Å²) in [6.45, 7) is 3.41. The van der Waals surface area contributed by atoms with Gasteiger partial charge in [-0.3, -0.25) is 4.79 Å². The normalized spacial score (nSPS) is 21.0. The van der Waals surface area contributed by atoms with Crippen LogP contribution in [-0.2, 0) is 14.3 Å². The van der Waals surface area contributed by atoms with Crippen LogP contribution in [0.2, 0.25) is 0 Å². The van der Waals surface area contributed by atoms with E-state index in [4.69, 9.17) is 9.47 Å². The van der Waals surface area contributed by atoms with Gasteiger partial charge in [-0.05, 0) is 51.4 Å². The molecule has 9 unspecified atom stereocenters. The van der Waals surface area contributed by atoms with Gasteiger partial charge >= 0.3 is 0 Å². The first-order valence-electron chi connectivity index (χ1n) is 27.2. The summed E-state index contributed by atoms with van der Waals surface area (Å²) in [5.41, 5.74) is 0. The van der Waals surface area contributed by atoms with Crippen molar-refractivity contribution in [1.29, 1.82) is 0 Å². The van der Waals surface area contributed by atoms with Crippen molar-refractivity contribution in [3.05, 3.63) is 24.3 Å². The monoisotopic (exact) mass is 926 g/mol. The number of amides is 1. The molecule has 0 aromatic rings. The molecule has 1 heterocycles. The minimum Gasteiger partial charge on any atom is -0.394 e. The second-order valence-corrected chi connectivity index (χ2v) is 19.3. The van der Waals surface area contributed by atoms with Crippen molar-refractivity contribution in [1.82, 2.24) is 5.32 Å². The minimum absolute atomic E-state index is 0.248. The van der Waals surface area contributed by atoms with Crippen molar-refractivity contribution >= 4 is 5.91 Å². The molecule has 0 saturated carbocycles. The number of rotatable bonds is 46. The number of carbonyl (C=O) groups is 1. The van der Waals surface area contributed by atoms with Crippen LogP contribution in [0, 0.1) is 0 Å². The summed E-state index contributed by atoms with van der Waals surface area (Å²) in [7, 11) is 0. The molecule has 1 aliphatic rings. The Kier molecular flexibility index (Phi) is 41.6. The summed E-state index contributed by atoms with van der Waals surface area (Å²) in [4.78, 5) is 13.0. The predicted molar refractivity (Wildman–Crippen MR) is 266 cm³/mol. The van der Waals surface area contributed by atoms with Crippen LogP contribution in [0.25, 0.3) is 0 Å². The molecule has 65 heavy (non-hydrogen) atoms. The van der Waals surface area contributed by atoms with Crippen LogP contribution in [0.1, 0.15) is 245 Å². The Bertz CT molecular complexity index is 1110. The van der Waals surface area contributed by atoms with Gasteiger partial charge in [0.1, 0.15) is 36.6 Å². The van der Waals surface area contributed by atoms with Crippen LogP contribution < -0.4 is 5.32 Å². The van der Waals surface area contributed by atoms with Gasteiger partial charge in [-0.1, -0.05) is 218 Å². The Morgan fingerprint density at radius 3 is 1.37 bits per heavy atom. The number of allylic oxidation sites excluding steroid dienone is 4. The van der Waals surface area contributed by atoms with E-state index in [1.165, 1.54) is 161 Å². The highest BCUT2D eigenvalue weighted by Crippen LogP contribution is 2.23. The van der Waals surface area contributed by atoms with Gasteiger partial charge in [-0.2, -0.15) is 0 Å². The van der Waals surface area contributed by atoms with Crippen LogP contribution in [0.5, 0.6) is 0 Å². The molecule has 0 aromatic carbocycles. The molecule has 1 rings (SSSR count).